The normalized spacial score (nSPS) is 12.2. The first kappa shape index (κ1) is 34.2. The van der Waals surface area contributed by atoms with Crippen molar-refractivity contribution in [2.45, 2.75) is 66.2 Å². The fourth-order valence-electron chi connectivity index (χ4n) is 5.01. The molecule has 0 heterocycles. The van der Waals surface area contributed by atoms with Crippen molar-refractivity contribution in [3.63, 3.8) is 0 Å². The number of hydrogen-bond acceptors (Lipinski definition) is 6. The second-order valence-electron chi connectivity index (χ2n) is 11.7. The van der Waals surface area contributed by atoms with Crippen LogP contribution in [-0.4, -0.2) is 25.3 Å². The molecule has 0 aliphatic carbocycles. The smallest absolute Gasteiger partial charge is 0.412 e. The second-order valence-corrected chi connectivity index (χ2v) is 11.7. The fraction of sp³-hybridized carbons (Fsp3) is 0.368. The Morgan fingerprint density at radius 2 is 0.935 bits per heavy atom. The molecule has 0 aliphatic rings. The lowest BCUT2D eigenvalue weighted by Gasteiger charge is -2.22. The standard InChI is InChI=1S/C38H46N2O6/c1-5-7-17-27(3)25-39-37(41)45-33-31-23-15-16-24-32(31)34(46-38(42)40-26-28(4)18-8-6-2)36(44-30-21-13-10-14-22-30)35(33)43-29-19-11-9-12-20-29/h9-16,19-24,27-28H,5-8,17-18,25-26H2,1-4H3,(H,39,41)(H,40,42). The minimum absolute atomic E-state index is 0.0991. The molecular formula is C38H46N2O6. The molecule has 4 rings (SSSR count). The number of fused-ring (bicyclic) bond motifs is 1. The van der Waals surface area contributed by atoms with Crippen LogP contribution in [-0.2, 0) is 0 Å². The Morgan fingerprint density at radius 3 is 1.30 bits per heavy atom. The van der Waals surface area contributed by atoms with Crippen LogP contribution in [0.15, 0.2) is 84.9 Å². The molecule has 2 amide bonds. The van der Waals surface area contributed by atoms with Gasteiger partial charge in [0.15, 0.2) is 11.5 Å². The Hall–Kier alpha value is -4.72. The summed E-state index contributed by atoms with van der Waals surface area (Å²) in [6.07, 6.45) is 5.12. The maximum Gasteiger partial charge on any atom is 0.412 e. The Balaban J connectivity index is 1.80. The fourth-order valence-corrected chi connectivity index (χ4v) is 5.01. The van der Waals surface area contributed by atoms with Crippen molar-refractivity contribution in [2.75, 3.05) is 13.1 Å². The topological polar surface area (TPSA) is 95.1 Å². The third kappa shape index (κ3) is 9.89. The number of hydrogen-bond donors (Lipinski definition) is 2. The van der Waals surface area contributed by atoms with Crippen molar-refractivity contribution >= 4 is 23.0 Å². The van der Waals surface area contributed by atoms with Crippen LogP contribution in [0.3, 0.4) is 0 Å². The number of carbonyl (C=O) groups is 2. The highest BCUT2D eigenvalue weighted by atomic mass is 16.6. The van der Waals surface area contributed by atoms with E-state index in [0.29, 0.717) is 47.2 Å². The van der Waals surface area contributed by atoms with Crippen molar-refractivity contribution in [1.82, 2.24) is 10.6 Å². The molecule has 0 aromatic heterocycles. The minimum Gasteiger partial charge on any atom is -0.449 e. The maximum atomic E-state index is 13.3. The van der Waals surface area contributed by atoms with Crippen molar-refractivity contribution in [1.29, 1.82) is 0 Å². The molecule has 0 fully saturated rings. The van der Waals surface area contributed by atoms with Crippen LogP contribution in [0.1, 0.15) is 66.2 Å². The molecule has 2 atom stereocenters. The summed E-state index contributed by atoms with van der Waals surface area (Å²) >= 11 is 0. The number of nitrogens with one attached hydrogen (secondary N) is 2. The second kappa shape index (κ2) is 17.7. The van der Waals surface area contributed by atoms with Crippen LogP contribution in [0.4, 0.5) is 9.59 Å². The number of rotatable bonds is 16. The molecule has 0 aliphatic heterocycles. The molecule has 0 saturated carbocycles. The zero-order chi connectivity index (χ0) is 32.7. The van der Waals surface area contributed by atoms with Crippen LogP contribution >= 0.6 is 0 Å². The van der Waals surface area contributed by atoms with Gasteiger partial charge < -0.3 is 29.6 Å². The number of unbranched alkanes of at least 4 members (excludes halogenated alkanes) is 2. The highest BCUT2D eigenvalue weighted by Crippen LogP contribution is 2.54. The molecule has 2 N–H and O–H groups in total. The molecule has 0 radical (unpaired) electrons. The predicted molar refractivity (Wildman–Crippen MR) is 182 cm³/mol. The largest absolute Gasteiger partial charge is 0.449 e. The SMILES string of the molecule is CCCCC(C)CNC(=O)Oc1c(Oc2ccccc2)c(Oc2ccccc2)c(OC(=O)NCC(C)CCCC)c2ccccc12. The monoisotopic (exact) mass is 626 g/mol. The lowest BCUT2D eigenvalue weighted by atomic mass is 10.0. The van der Waals surface area contributed by atoms with Crippen molar-refractivity contribution in [3.8, 4) is 34.5 Å². The minimum atomic E-state index is -0.621. The van der Waals surface area contributed by atoms with Gasteiger partial charge >= 0.3 is 12.2 Å². The van der Waals surface area contributed by atoms with Gasteiger partial charge in [0, 0.05) is 23.9 Å². The van der Waals surface area contributed by atoms with Crippen molar-refractivity contribution < 1.29 is 28.5 Å². The van der Waals surface area contributed by atoms with Gasteiger partial charge in [0.05, 0.1) is 0 Å². The third-order valence-electron chi connectivity index (χ3n) is 7.64. The maximum absolute atomic E-state index is 13.3. The first-order valence-corrected chi connectivity index (χ1v) is 16.3. The van der Waals surface area contributed by atoms with Gasteiger partial charge in [-0.05, 0) is 48.9 Å². The van der Waals surface area contributed by atoms with E-state index in [-0.39, 0.29) is 23.0 Å². The first-order chi connectivity index (χ1) is 22.4. The van der Waals surface area contributed by atoms with Gasteiger partial charge in [-0.15, -0.1) is 0 Å². The van der Waals surface area contributed by atoms with Crippen LogP contribution < -0.4 is 29.6 Å². The molecule has 46 heavy (non-hydrogen) atoms. The summed E-state index contributed by atoms with van der Waals surface area (Å²) in [5.41, 5.74) is 0. The molecule has 0 spiro atoms. The summed E-state index contributed by atoms with van der Waals surface area (Å²) in [4.78, 5) is 26.5. The highest BCUT2D eigenvalue weighted by Gasteiger charge is 2.29. The number of carbonyl (C=O) groups excluding carboxylic acids is 2. The summed E-state index contributed by atoms with van der Waals surface area (Å²) in [5.74, 6) is 2.03. The molecule has 4 aromatic rings. The summed E-state index contributed by atoms with van der Waals surface area (Å²) in [7, 11) is 0. The summed E-state index contributed by atoms with van der Waals surface area (Å²) in [5, 5.41) is 6.83. The Kier molecular flexibility index (Phi) is 13.1. The van der Waals surface area contributed by atoms with Gasteiger partial charge in [-0.25, -0.2) is 9.59 Å². The van der Waals surface area contributed by atoms with Crippen LogP contribution in [0.2, 0.25) is 0 Å². The van der Waals surface area contributed by atoms with E-state index in [2.05, 4.69) is 38.3 Å². The summed E-state index contributed by atoms with van der Waals surface area (Å²) in [6, 6.07) is 25.5. The average Bonchev–Trinajstić information content (AvgIpc) is 3.08. The molecule has 8 nitrogen and oxygen atoms in total. The molecular weight excluding hydrogens is 580 g/mol. The van der Waals surface area contributed by atoms with Crippen LogP contribution in [0.25, 0.3) is 10.8 Å². The van der Waals surface area contributed by atoms with Gasteiger partial charge in [-0.3, -0.25) is 0 Å². The molecule has 0 bridgehead atoms. The van der Waals surface area contributed by atoms with E-state index in [0.717, 1.165) is 38.5 Å². The lowest BCUT2D eigenvalue weighted by molar-refractivity contribution is 0.194. The molecule has 4 aromatic carbocycles. The van der Waals surface area contributed by atoms with Crippen molar-refractivity contribution in [3.05, 3.63) is 84.9 Å². The van der Waals surface area contributed by atoms with E-state index in [1.165, 1.54) is 0 Å². The zero-order valence-electron chi connectivity index (χ0n) is 27.3. The van der Waals surface area contributed by atoms with E-state index in [1.54, 1.807) is 36.4 Å². The highest BCUT2D eigenvalue weighted by molar-refractivity contribution is 6.01. The lowest BCUT2D eigenvalue weighted by Crippen LogP contribution is -2.31. The summed E-state index contributed by atoms with van der Waals surface area (Å²) < 4.78 is 24.9. The van der Waals surface area contributed by atoms with E-state index in [4.69, 9.17) is 18.9 Å². The van der Waals surface area contributed by atoms with E-state index < -0.39 is 12.2 Å². The number of amides is 2. The van der Waals surface area contributed by atoms with Crippen molar-refractivity contribution in [2.24, 2.45) is 11.8 Å². The predicted octanol–water partition coefficient (Wildman–Crippen LogP) is 10.3. The Labute approximate surface area is 272 Å². The van der Waals surface area contributed by atoms with Gasteiger partial charge in [-0.2, -0.15) is 0 Å². The number of para-hydroxylation sites is 2. The summed E-state index contributed by atoms with van der Waals surface area (Å²) in [6.45, 7) is 9.43. The Bertz CT molecular complexity index is 1430. The van der Waals surface area contributed by atoms with Crippen LogP contribution in [0.5, 0.6) is 34.5 Å². The molecule has 0 saturated heterocycles. The quantitative estimate of drug-likeness (QED) is 0.128. The third-order valence-corrected chi connectivity index (χ3v) is 7.64. The van der Waals surface area contributed by atoms with Gasteiger partial charge in [-0.1, -0.05) is 114 Å². The molecule has 2 unspecified atom stereocenters. The molecule has 8 heteroatoms. The van der Waals surface area contributed by atoms with Gasteiger partial charge in [0.1, 0.15) is 11.5 Å². The van der Waals surface area contributed by atoms with Gasteiger partial charge in [0.2, 0.25) is 11.5 Å². The van der Waals surface area contributed by atoms with E-state index in [9.17, 15) is 9.59 Å². The Morgan fingerprint density at radius 1 is 0.565 bits per heavy atom. The zero-order valence-corrected chi connectivity index (χ0v) is 27.3. The van der Waals surface area contributed by atoms with Crippen LogP contribution in [0, 0.1) is 11.8 Å². The first-order valence-electron chi connectivity index (χ1n) is 16.3. The van der Waals surface area contributed by atoms with E-state index in [1.807, 2.05) is 48.5 Å². The van der Waals surface area contributed by atoms with E-state index >= 15 is 0 Å². The van der Waals surface area contributed by atoms with Gasteiger partial charge in [0.25, 0.3) is 0 Å². The average molecular weight is 627 g/mol. The number of benzene rings is 4. The number of ether oxygens (including phenoxy) is 4. The molecule has 244 valence electrons.